The van der Waals surface area contributed by atoms with Crippen LogP contribution in [0, 0.1) is 5.92 Å². The zero-order valence-electron chi connectivity index (χ0n) is 15.7. The van der Waals surface area contributed by atoms with Crippen molar-refractivity contribution in [3.63, 3.8) is 0 Å². The van der Waals surface area contributed by atoms with E-state index in [2.05, 4.69) is 20.8 Å². The van der Waals surface area contributed by atoms with Gasteiger partial charge in [0, 0.05) is 31.7 Å². The van der Waals surface area contributed by atoms with Crippen LogP contribution in [0.4, 0.5) is 0 Å². The SMILES string of the molecule is CCC(CC)N(C)C(=O)c1ccc(S(=O)(=O)N2CCC(C)CC2)cc1. The molecule has 25 heavy (non-hydrogen) atoms. The summed E-state index contributed by atoms with van der Waals surface area (Å²) in [6.45, 7) is 7.42. The van der Waals surface area contributed by atoms with Gasteiger partial charge in [0.25, 0.3) is 5.91 Å². The Kier molecular flexibility index (Phi) is 6.63. The predicted octanol–water partition coefficient (Wildman–Crippen LogP) is 3.37. The lowest BCUT2D eigenvalue weighted by Gasteiger charge is -2.29. The first-order valence-corrected chi connectivity index (χ1v) is 10.6. The Morgan fingerprint density at radius 2 is 1.68 bits per heavy atom. The lowest BCUT2D eigenvalue weighted by atomic mass is 10.0. The number of hydrogen-bond donors (Lipinski definition) is 0. The second kappa shape index (κ2) is 8.32. The van der Waals surface area contributed by atoms with Crippen molar-refractivity contribution in [3.05, 3.63) is 29.8 Å². The van der Waals surface area contributed by atoms with Gasteiger partial charge in [0.1, 0.15) is 0 Å². The van der Waals surface area contributed by atoms with E-state index >= 15 is 0 Å². The molecular formula is C19H30N2O3S. The maximum atomic E-state index is 12.7. The van der Waals surface area contributed by atoms with Crippen molar-refractivity contribution in [2.75, 3.05) is 20.1 Å². The normalized spacial score (nSPS) is 17.0. The molecular weight excluding hydrogens is 336 g/mol. The van der Waals surface area contributed by atoms with Gasteiger partial charge in [0.15, 0.2) is 0 Å². The first-order valence-electron chi connectivity index (χ1n) is 9.18. The molecule has 0 aromatic heterocycles. The summed E-state index contributed by atoms with van der Waals surface area (Å²) in [5.74, 6) is 0.511. The summed E-state index contributed by atoms with van der Waals surface area (Å²) in [6.07, 6.45) is 3.60. The summed E-state index contributed by atoms with van der Waals surface area (Å²) >= 11 is 0. The van der Waals surface area contributed by atoms with Crippen LogP contribution in [-0.2, 0) is 10.0 Å². The van der Waals surface area contributed by atoms with E-state index in [-0.39, 0.29) is 16.8 Å². The second-order valence-electron chi connectivity index (χ2n) is 7.00. The molecule has 140 valence electrons. The topological polar surface area (TPSA) is 57.7 Å². The van der Waals surface area contributed by atoms with E-state index < -0.39 is 10.0 Å². The third kappa shape index (κ3) is 4.42. The average Bonchev–Trinajstić information content (AvgIpc) is 2.62. The lowest BCUT2D eigenvalue weighted by molar-refractivity contribution is 0.0723. The molecule has 0 atom stereocenters. The highest BCUT2D eigenvalue weighted by Crippen LogP contribution is 2.24. The molecule has 5 nitrogen and oxygen atoms in total. The number of piperidine rings is 1. The minimum Gasteiger partial charge on any atom is -0.339 e. The number of nitrogens with zero attached hydrogens (tertiary/aromatic N) is 2. The minimum atomic E-state index is -3.47. The van der Waals surface area contributed by atoms with Crippen molar-refractivity contribution in [1.29, 1.82) is 0 Å². The summed E-state index contributed by atoms with van der Waals surface area (Å²) in [5, 5.41) is 0. The molecule has 2 rings (SSSR count). The summed E-state index contributed by atoms with van der Waals surface area (Å²) in [5.41, 5.74) is 0.528. The Morgan fingerprint density at radius 3 is 2.16 bits per heavy atom. The highest BCUT2D eigenvalue weighted by atomic mass is 32.2. The highest BCUT2D eigenvalue weighted by Gasteiger charge is 2.28. The van der Waals surface area contributed by atoms with Crippen molar-refractivity contribution in [2.45, 2.75) is 57.4 Å². The molecule has 1 aromatic carbocycles. The number of amides is 1. The molecule has 0 bridgehead atoms. The maximum Gasteiger partial charge on any atom is 0.253 e. The van der Waals surface area contributed by atoms with Crippen molar-refractivity contribution in [3.8, 4) is 0 Å². The van der Waals surface area contributed by atoms with Crippen LogP contribution in [0.25, 0.3) is 0 Å². The van der Waals surface area contributed by atoms with E-state index in [4.69, 9.17) is 0 Å². The van der Waals surface area contributed by atoms with Gasteiger partial charge in [0.2, 0.25) is 10.0 Å². The van der Waals surface area contributed by atoms with Crippen molar-refractivity contribution in [2.24, 2.45) is 5.92 Å². The van der Waals surface area contributed by atoms with Crippen molar-refractivity contribution < 1.29 is 13.2 Å². The fourth-order valence-corrected chi connectivity index (χ4v) is 4.82. The van der Waals surface area contributed by atoms with Crippen LogP contribution in [0.1, 0.15) is 56.8 Å². The number of rotatable bonds is 6. The molecule has 6 heteroatoms. The molecule has 0 radical (unpaired) electrons. The van der Waals surface area contributed by atoms with Crippen LogP contribution < -0.4 is 0 Å². The molecule has 1 aliphatic heterocycles. The van der Waals surface area contributed by atoms with Gasteiger partial charge in [-0.2, -0.15) is 4.31 Å². The third-order valence-corrected chi connectivity index (χ3v) is 7.21. The van der Waals surface area contributed by atoms with Crippen molar-refractivity contribution in [1.82, 2.24) is 9.21 Å². The molecule has 0 aliphatic carbocycles. The number of carbonyl (C=O) groups excluding carboxylic acids is 1. The lowest BCUT2D eigenvalue weighted by Crippen LogP contribution is -2.38. The van der Waals surface area contributed by atoms with E-state index in [1.165, 1.54) is 0 Å². The predicted molar refractivity (Wildman–Crippen MR) is 100 cm³/mol. The molecule has 0 saturated carbocycles. The van der Waals surface area contributed by atoms with Crippen LogP contribution >= 0.6 is 0 Å². The number of carbonyl (C=O) groups is 1. The van der Waals surface area contributed by atoms with Crippen LogP contribution in [-0.4, -0.2) is 49.7 Å². The van der Waals surface area contributed by atoms with Crippen molar-refractivity contribution >= 4 is 15.9 Å². The van der Waals surface area contributed by atoms with Gasteiger partial charge >= 0.3 is 0 Å². The van der Waals surface area contributed by atoms with E-state index in [0.29, 0.717) is 24.6 Å². The van der Waals surface area contributed by atoms with Gasteiger partial charge in [-0.25, -0.2) is 8.42 Å². The number of sulfonamides is 1. The highest BCUT2D eigenvalue weighted by molar-refractivity contribution is 7.89. The van der Waals surface area contributed by atoms with Gasteiger partial charge in [0.05, 0.1) is 4.90 Å². The zero-order valence-corrected chi connectivity index (χ0v) is 16.6. The fraction of sp³-hybridized carbons (Fsp3) is 0.632. The Labute approximate surface area is 152 Å². The average molecular weight is 367 g/mol. The van der Waals surface area contributed by atoms with Crippen LogP contribution in [0.15, 0.2) is 29.2 Å². The standard InChI is InChI=1S/C19H30N2O3S/c1-5-17(6-2)20(4)19(22)16-7-9-18(10-8-16)25(23,24)21-13-11-15(3)12-14-21/h7-10,15,17H,5-6,11-14H2,1-4H3. The summed E-state index contributed by atoms with van der Waals surface area (Å²) in [7, 11) is -1.66. The molecule has 1 aliphatic rings. The summed E-state index contributed by atoms with van der Waals surface area (Å²) < 4.78 is 27.0. The quantitative estimate of drug-likeness (QED) is 0.776. The smallest absolute Gasteiger partial charge is 0.253 e. The van der Waals surface area contributed by atoms with E-state index in [1.807, 2.05) is 0 Å². The first-order chi connectivity index (χ1) is 11.8. The monoisotopic (exact) mass is 366 g/mol. The van der Waals surface area contributed by atoms with Crippen LogP contribution in [0.5, 0.6) is 0 Å². The van der Waals surface area contributed by atoms with Gasteiger partial charge in [-0.05, 0) is 55.9 Å². The van der Waals surface area contributed by atoms with E-state index in [1.54, 1.807) is 40.5 Å². The van der Waals surface area contributed by atoms with Crippen LogP contribution in [0.2, 0.25) is 0 Å². The summed E-state index contributed by atoms with van der Waals surface area (Å²) in [4.78, 5) is 14.6. The van der Waals surface area contributed by atoms with Gasteiger partial charge in [-0.15, -0.1) is 0 Å². The van der Waals surface area contributed by atoms with Gasteiger partial charge in [-0.1, -0.05) is 20.8 Å². The fourth-order valence-electron chi connectivity index (χ4n) is 3.35. The Morgan fingerprint density at radius 1 is 1.16 bits per heavy atom. The molecule has 1 amide bonds. The second-order valence-corrected chi connectivity index (χ2v) is 8.94. The first kappa shape index (κ1) is 19.9. The Bertz CT molecular complexity index is 673. The summed E-state index contributed by atoms with van der Waals surface area (Å²) in [6, 6.07) is 6.57. The van der Waals surface area contributed by atoms with Gasteiger partial charge < -0.3 is 4.90 Å². The Hall–Kier alpha value is -1.40. The Balaban J connectivity index is 2.15. The zero-order chi connectivity index (χ0) is 18.6. The molecule has 1 saturated heterocycles. The largest absolute Gasteiger partial charge is 0.339 e. The molecule has 1 heterocycles. The van der Waals surface area contributed by atoms with E-state index in [0.717, 1.165) is 25.7 Å². The molecule has 0 spiro atoms. The van der Waals surface area contributed by atoms with E-state index in [9.17, 15) is 13.2 Å². The number of hydrogen-bond acceptors (Lipinski definition) is 3. The third-order valence-electron chi connectivity index (χ3n) is 5.29. The van der Waals surface area contributed by atoms with Gasteiger partial charge in [-0.3, -0.25) is 4.79 Å². The minimum absolute atomic E-state index is 0.0653. The molecule has 1 fully saturated rings. The molecule has 0 N–H and O–H groups in total. The molecule has 1 aromatic rings. The maximum absolute atomic E-state index is 12.7. The molecule has 0 unspecified atom stereocenters. The number of benzene rings is 1. The van der Waals surface area contributed by atoms with Crippen LogP contribution in [0.3, 0.4) is 0 Å².